The Balaban J connectivity index is 1.28. The lowest BCUT2D eigenvalue weighted by Gasteiger charge is -2.39. The third kappa shape index (κ3) is 3.41. The van der Waals surface area contributed by atoms with E-state index >= 15 is 0 Å². The second-order valence-electron chi connectivity index (χ2n) is 8.88. The van der Waals surface area contributed by atoms with Crippen molar-refractivity contribution in [3.8, 4) is 11.5 Å². The molecule has 1 fully saturated rings. The van der Waals surface area contributed by atoms with E-state index in [0.29, 0.717) is 58.0 Å². The number of rotatable bonds is 5. The van der Waals surface area contributed by atoms with Crippen LogP contribution in [0.5, 0.6) is 11.5 Å². The minimum absolute atomic E-state index is 0.0402. The van der Waals surface area contributed by atoms with Crippen LogP contribution in [0.2, 0.25) is 0 Å². The van der Waals surface area contributed by atoms with Gasteiger partial charge in [0.2, 0.25) is 0 Å². The van der Waals surface area contributed by atoms with E-state index in [4.69, 9.17) is 9.15 Å². The molecule has 1 aliphatic heterocycles. The van der Waals surface area contributed by atoms with Crippen molar-refractivity contribution in [2.75, 3.05) is 20.1 Å². The molecular weight excluding hydrogens is 460 g/mol. The molecule has 182 valence electrons. The summed E-state index contributed by atoms with van der Waals surface area (Å²) in [6, 6.07) is 9.20. The van der Waals surface area contributed by atoms with E-state index < -0.39 is 0 Å². The first-order chi connectivity index (χ1) is 17.4. The fourth-order valence-corrected chi connectivity index (χ4v) is 4.77. The number of ether oxygens (including phenoxy) is 1. The van der Waals surface area contributed by atoms with Crippen LogP contribution < -0.4 is 10.1 Å². The molecule has 10 nitrogen and oxygen atoms in total. The van der Waals surface area contributed by atoms with Gasteiger partial charge in [-0.25, -0.2) is 4.52 Å². The normalized spacial score (nSPS) is 13.8. The van der Waals surface area contributed by atoms with Crippen molar-refractivity contribution in [1.29, 1.82) is 0 Å². The van der Waals surface area contributed by atoms with Gasteiger partial charge in [-0.05, 0) is 37.6 Å². The van der Waals surface area contributed by atoms with Gasteiger partial charge in [0, 0.05) is 56.2 Å². The molecule has 2 amide bonds. The van der Waals surface area contributed by atoms with E-state index in [2.05, 4.69) is 15.5 Å². The van der Waals surface area contributed by atoms with E-state index in [-0.39, 0.29) is 17.9 Å². The zero-order valence-corrected chi connectivity index (χ0v) is 20.1. The van der Waals surface area contributed by atoms with Crippen LogP contribution in [0.1, 0.15) is 38.1 Å². The quantitative estimate of drug-likeness (QED) is 0.407. The van der Waals surface area contributed by atoms with E-state index in [0.717, 1.165) is 5.56 Å². The smallest absolute Gasteiger partial charge is 0.255 e. The number of nitrogens with zero attached hydrogens (tertiary/aromatic N) is 5. The summed E-state index contributed by atoms with van der Waals surface area (Å²) < 4.78 is 15.6. The number of aromatic nitrogens is 4. The molecule has 10 heteroatoms. The van der Waals surface area contributed by atoms with Gasteiger partial charge < -0.3 is 19.4 Å². The zero-order chi connectivity index (χ0) is 25.0. The molecule has 0 aliphatic carbocycles. The lowest BCUT2D eigenvalue weighted by atomic mass is 10.1. The van der Waals surface area contributed by atoms with Crippen LogP contribution in [0, 0.1) is 13.8 Å². The topological polar surface area (TPSA) is 107 Å². The monoisotopic (exact) mass is 484 g/mol. The van der Waals surface area contributed by atoms with Crippen LogP contribution in [-0.4, -0.2) is 56.2 Å². The van der Waals surface area contributed by atoms with Gasteiger partial charge in [0.15, 0.2) is 5.75 Å². The Labute approximate surface area is 206 Å². The number of benzene rings is 1. The molecular formula is C26H24N6O4. The Bertz CT molecular complexity index is 1630. The molecule has 0 atom stereocenters. The van der Waals surface area contributed by atoms with E-state index in [9.17, 15) is 9.59 Å². The van der Waals surface area contributed by atoms with E-state index in [1.807, 2.05) is 34.8 Å². The molecule has 6 rings (SSSR count). The SMILES string of the molecule is CNC(=O)c1c(C)oc2cc(Oc3ccnn4cc(C(=O)N5CC(n6cccn6)C5)c(C)c34)ccc12. The number of aryl methyl sites for hydroxylation is 2. The minimum Gasteiger partial charge on any atom is -0.460 e. The first-order valence-corrected chi connectivity index (χ1v) is 11.6. The number of carbonyl (C=O) groups is 2. The highest BCUT2D eigenvalue weighted by molar-refractivity contribution is 6.07. The van der Waals surface area contributed by atoms with Crippen LogP contribution in [-0.2, 0) is 0 Å². The molecule has 1 saturated heterocycles. The number of nitrogens with one attached hydrogen (secondary N) is 1. The van der Waals surface area contributed by atoms with Crippen LogP contribution >= 0.6 is 0 Å². The standard InChI is InChI=1S/C26H24N6O4/c1-15-20(26(34)30-12-17(13-30)31-10-4-8-28-31)14-32-24(15)21(7-9-29-32)36-18-5-6-19-22(11-18)35-16(2)23(19)25(33)27-3/h4-11,14,17H,12-13H2,1-3H3,(H,27,33). The average molecular weight is 485 g/mol. The van der Waals surface area contributed by atoms with Crippen molar-refractivity contribution < 1.29 is 18.7 Å². The molecule has 4 aromatic heterocycles. The highest BCUT2D eigenvalue weighted by Crippen LogP contribution is 2.34. The van der Waals surface area contributed by atoms with E-state index in [1.54, 1.807) is 55.3 Å². The highest BCUT2D eigenvalue weighted by Gasteiger charge is 2.34. The number of carbonyl (C=O) groups excluding carboxylic acids is 2. The van der Waals surface area contributed by atoms with Crippen molar-refractivity contribution in [2.45, 2.75) is 19.9 Å². The van der Waals surface area contributed by atoms with Crippen LogP contribution in [0.15, 0.2) is 59.5 Å². The average Bonchev–Trinajstić information content (AvgIpc) is 3.55. The molecule has 36 heavy (non-hydrogen) atoms. The van der Waals surface area contributed by atoms with Gasteiger partial charge in [-0.1, -0.05) is 0 Å². The lowest BCUT2D eigenvalue weighted by Crippen LogP contribution is -2.50. The summed E-state index contributed by atoms with van der Waals surface area (Å²) >= 11 is 0. The number of furan rings is 1. The molecule has 0 radical (unpaired) electrons. The van der Waals surface area contributed by atoms with Crippen molar-refractivity contribution in [3.63, 3.8) is 0 Å². The summed E-state index contributed by atoms with van der Waals surface area (Å²) in [6.07, 6.45) is 7.04. The number of amides is 2. The molecule has 1 aliphatic rings. The second kappa shape index (κ2) is 8.26. The van der Waals surface area contributed by atoms with Gasteiger partial charge in [0.05, 0.1) is 23.4 Å². The fourth-order valence-electron chi connectivity index (χ4n) is 4.77. The first kappa shape index (κ1) is 21.9. The number of hydrogen-bond acceptors (Lipinski definition) is 6. The Kier molecular flexibility index (Phi) is 5.03. The molecule has 5 aromatic rings. The number of fused-ring (bicyclic) bond motifs is 2. The van der Waals surface area contributed by atoms with Gasteiger partial charge in [-0.3, -0.25) is 14.3 Å². The predicted molar refractivity (Wildman–Crippen MR) is 132 cm³/mol. The maximum Gasteiger partial charge on any atom is 0.255 e. The summed E-state index contributed by atoms with van der Waals surface area (Å²) in [5, 5.41) is 12.0. The largest absolute Gasteiger partial charge is 0.460 e. The maximum absolute atomic E-state index is 13.2. The Morgan fingerprint density at radius 1 is 1.14 bits per heavy atom. The molecule has 1 N–H and O–H groups in total. The van der Waals surface area contributed by atoms with Crippen LogP contribution in [0.3, 0.4) is 0 Å². The summed E-state index contributed by atoms with van der Waals surface area (Å²) in [7, 11) is 1.59. The molecule has 0 saturated carbocycles. The third-order valence-corrected chi connectivity index (χ3v) is 6.69. The second-order valence-corrected chi connectivity index (χ2v) is 8.88. The summed E-state index contributed by atoms with van der Waals surface area (Å²) in [5.41, 5.74) is 3.16. The number of likely N-dealkylation sites (tertiary alicyclic amines) is 1. The van der Waals surface area contributed by atoms with Crippen molar-refractivity contribution in [3.05, 3.63) is 77.6 Å². The minimum atomic E-state index is -0.199. The molecule has 0 spiro atoms. The summed E-state index contributed by atoms with van der Waals surface area (Å²) in [5.74, 6) is 1.41. The summed E-state index contributed by atoms with van der Waals surface area (Å²) in [6.45, 7) is 4.89. The molecule has 0 bridgehead atoms. The highest BCUT2D eigenvalue weighted by atomic mass is 16.5. The van der Waals surface area contributed by atoms with Crippen molar-refractivity contribution in [2.24, 2.45) is 0 Å². The first-order valence-electron chi connectivity index (χ1n) is 11.6. The fraction of sp³-hybridized carbons (Fsp3) is 0.231. The van der Waals surface area contributed by atoms with Crippen molar-refractivity contribution in [1.82, 2.24) is 29.6 Å². The lowest BCUT2D eigenvalue weighted by molar-refractivity contribution is 0.0501. The van der Waals surface area contributed by atoms with Crippen molar-refractivity contribution >= 4 is 28.3 Å². The van der Waals surface area contributed by atoms with Gasteiger partial charge in [-0.15, -0.1) is 0 Å². The number of hydrogen-bond donors (Lipinski definition) is 1. The summed E-state index contributed by atoms with van der Waals surface area (Å²) in [4.78, 5) is 27.3. The third-order valence-electron chi connectivity index (χ3n) is 6.69. The van der Waals surface area contributed by atoms with Gasteiger partial charge in [0.1, 0.15) is 22.6 Å². The Hall–Kier alpha value is -4.60. The molecule has 5 heterocycles. The van der Waals surface area contributed by atoms with Crippen LogP contribution in [0.25, 0.3) is 16.5 Å². The Morgan fingerprint density at radius 2 is 1.97 bits per heavy atom. The van der Waals surface area contributed by atoms with E-state index in [1.165, 1.54) is 0 Å². The maximum atomic E-state index is 13.2. The Morgan fingerprint density at radius 3 is 2.72 bits per heavy atom. The van der Waals surface area contributed by atoms with Gasteiger partial charge >= 0.3 is 0 Å². The molecule has 0 unspecified atom stereocenters. The van der Waals surface area contributed by atoms with Crippen LogP contribution in [0.4, 0.5) is 0 Å². The predicted octanol–water partition coefficient (Wildman–Crippen LogP) is 3.74. The van der Waals surface area contributed by atoms with Gasteiger partial charge in [0.25, 0.3) is 11.8 Å². The zero-order valence-electron chi connectivity index (χ0n) is 20.1. The molecule has 1 aromatic carbocycles. The van der Waals surface area contributed by atoms with Gasteiger partial charge in [-0.2, -0.15) is 10.2 Å².